The first-order chi connectivity index (χ1) is 23.1. The molecule has 10 rings (SSSR count). The van der Waals surface area contributed by atoms with Crippen molar-refractivity contribution in [2.75, 3.05) is 4.90 Å². The van der Waals surface area contributed by atoms with Gasteiger partial charge in [-0.2, -0.15) is 0 Å². The van der Waals surface area contributed by atoms with Gasteiger partial charge in [0.15, 0.2) is 0 Å². The third-order valence-electron chi connectivity index (χ3n) is 11.1. The Labute approximate surface area is 276 Å². The molecule has 1 spiro atoms. The number of hydrogen-bond donors (Lipinski definition) is 0. The van der Waals surface area contributed by atoms with E-state index < -0.39 is 5.41 Å². The van der Waals surface area contributed by atoms with Gasteiger partial charge in [0.2, 0.25) is 0 Å². The molecule has 0 radical (unpaired) electrons. The van der Waals surface area contributed by atoms with Crippen LogP contribution in [-0.2, 0) is 10.8 Å². The molecule has 0 fully saturated rings. The molecule has 47 heavy (non-hydrogen) atoms. The van der Waals surface area contributed by atoms with Crippen LogP contribution in [-0.4, -0.2) is 0 Å². The summed E-state index contributed by atoms with van der Waals surface area (Å²) in [7, 11) is 0. The van der Waals surface area contributed by atoms with Crippen molar-refractivity contribution in [2.24, 2.45) is 0 Å². The highest BCUT2D eigenvalue weighted by molar-refractivity contribution is 6.01. The van der Waals surface area contributed by atoms with Gasteiger partial charge in [-0.3, -0.25) is 0 Å². The smallest absolute Gasteiger partial charge is 0.0726 e. The largest absolute Gasteiger partial charge is 0.310 e. The zero-order valence-corrected chi connectivity index (χ0v) is 26.5. The van der Waals surface area contributed by atoms with E-state index in [1.165, 1.54) is 83.8 Å². The lowest BCUT2D eigenvalue weighted by Crippen LogP contribution is -2.31. The Kier molecular flexibility index (Phi) is 5.33. The molecule has 7 aromatic rings. The van der Waals surface area contributed by atoms with E-state index >= 15 is 0 Å². The van der Waals surface area contributed by atoms with Gasteiger partial charge in [0.05, 0.1) is 16.8 Å². The summed E-state index contributed by atoms with van der Waals surface area (Å²) >= 11 is 0. The monoisotopic (exact) mass is 599 g/mol. The van der Waals surface area contributed by atoms with E-state index in [2.05, 4.69) is 183 Å². The topological polar surface area (TPSA) is 3.24 Å². The highest BCUT2D eigenvalue weighted by Crippen LogP contribution is 2.65. The summed E-state index contributed by atoms with van der Waals surface area (Å²) in [5.74, 6) is 0. The summed E-state index contributed by atoms with van der Waals surface area (Å²) in [4.78, 5) is 2.50. The number of para-hydroxylation sites is 2. The van der Waals surface area contributed by atoms with Crippen molar-refractivity contribution in [2.45, 2.75) is 24.7 Å². The predicted octanol–water partition coefficient (Wildman–Crippen LogP) is 11.8. The van der Waals surface area contributed by atoms with Crippen molar-refractivity contribution in [1.29, 1.82) is 0 Å². The van der Waals surface area contributed by atoms with Crippen LogP contribution in [0.2, 0.25) is 0 Å². The second-order valence-corrected chi connectivity index (χ2v) is 13.7. The molecule has 0 bridgehead atoms. The molecule has 3 aliphatic rings. The average Bonchev–Trinajstić information content (AvgIpc) is 3.59. The molecule has 0 unspecified atom stereocenters. The van der Waals surface area contributed by atoms with Crippen molar-refractivity contribution in [1.82, 2.24) is 0 Å². The lowest BCUT2D eigenvalue weighted by atomic mass is 9.70. The first-order valence-corrected chi connectivity index (χ1v) is 16.6. The summed E-state index contributed by atoms with van der Waals surface area (Å²) in [5.41, 5.74) is 19.1. The van der Waals surface area contributed by atoms with Gasteiger partial charge in [-0.05, 0) is 91.0 Å². The third-order valence-corrected chi connectivity index (χ3v) is 11.1. The van der Waals surface area contributed by atoms with Crippen LogP contribution in [0.3, 0.4) is 0 Å². The van der Waals surface area contributed by atoms with E-state index in [0.29, 0.717) is 0 Å². The molecule has 0 N–H and O–H groups in total. The van der Waals surface area contributed by atoms with Gasteiger partial charge in [-0.25, -0.2) is 0 Å². The summed E-state index contributed by atoms with van der Waals surface area (Å²) in [6, 6.07) is 61.2. The highest BCUT2D eigenvalue weighted by Gasteiger charge is 2.52. The lowest BCUT2D eigenvalue weighted by molar-refractivity contribution is 0.632. The van der Waals surface area contributed by atoms with E-state index in [1.807, 2.05) is 0 Å². The van der Waals surface area contributed by atoms with E-state index in [4.69, 9.17) is 0 Å². The van der Waals surface area contributed by atoms with Gasteiger partial charge in [-0.1, -0.05) is 153 Å². The van der Waals surface area contributed by atoms with Gasteiger partial charge in [0.25, 0.3) is 0 Å². The van der Waals surface area contributed by atoms with E-state index in [0.717, 1.165) is 0 Å². The number of hydrogen-bond acceptors (Lipinski definition) is 1. The van der Waals surface area contributed by atoms with Crippen LogP contribution in [0.4, 0.5) is 17.1 Å². The number of benzene rings is 7. The molecule has 0 atom stereocenters. The minimum atomic E-state index is -0.424. The second-order valence-electron chi connectivity index (χ2n) is 13.7. The summed E-state index contributed by atoms with van der Waals surface area (Å²) < 4.78 is 0. The molecule has 1 nitrogen and oxygen atoms in total. The Morgan fingerprint density at radius 3 is 1.53 bits per heavy atom. The predicted molar refractivity (Wildman–Crippen MR) is 195 cm³/mol. The molecular formula is C46H33N. The SMILES string of the molecule is CC1(C)c2ccccc2N(c2ccc3c(c2)C2(c4ccccc4-c4ccccc42)c2cccc(-c4ccccc4)c2-3)c2ccccc21. The van der Waals surface area contributed by atoms with Gasteiger partial charge in [0.1, 0.15) is 0 Å². The van der Waals surface area contributed by atoms with Crippen molar-refractivity contribution < 1.29 is 0 Å². The van der Waals surface area contributed by atoms with Gasteiger partial charge >= 0.3 is 0 Å². The van der Waals surface area contributed by atoms with Crippen molar-refractivity contribution in [3.05, 3.63) is 197 Å². The van der Waals surface area contributed by atoms with E-state index in [-0.39, 0.29) is 5.41 Å². The minimum absolute atomic E-state index is 0.105. The first-order valence-electron chi connectivity index (χ1n) is 16.6. The molecule has 0 saturated heterocycles. The number of fused-ring (bicyclic) bond motifs is 12. The number of nitrogens with zero attached hydrogens (tertiary/aromatic N) is 1. The van der Waals surface area contributed by atoms with Crippen LogP contribution < -0.4 is 4.90 Å². The molecule has 7 aromatic carbocycles. The summed E-state index contributed by atoms with van der Waals surface area (Å²) in [5, 5.41) is 0. The van der Waals surface area contributed by atoms with Crippen LogP contribution in [0.5, 0.6) is 0 Å². The zero-order chi connectivity index (χ0) is 31.3. The normalized spacial score (nSPS) is 15.3. The van der Waals surface area contributed by atoms with Crippen molar-refractivity contribution in [3.8, 4) is 33.4 Å². The van der Waals surface area contributed by atoms with Gasteiger partial charge in [-0.15, -0.1) is 0 Å². The van der Waals surface area contributed by atoms with Crippen LogP contribution in [0, 0.1) is 0 Å². The standard InChI is InChI=1S/C46H33N/c1-45(2)38-22-10-12-25-42(38)47(43-26-13-11-23-39(43)45)31-27-28-35-41(29-31)46(36-20-8-6-17-33(36)34-18-7-9-21-37(34)46)40-24-14-19-32(44(35)40)30-15-4-3-5-16-30/h3-29H,1-2H3. The Balaban J connectivity index is 1.32. The Morgan fingerprint density at radius 2 is 0.894 bits per heavy atom. The molecule has 222 valence electrons. The Hall–Kier alpha value is -5.66. The van der Waals surface area contributed by atoms with Crippen LogP contribution in [0.25, 0.3) is 33.4 Å². The zero-order valence-electron chi connectivity index (χ0n) is 26.5. The Morgan fingerprint density at radius 1 is 0.383 bits per heavy atom. The molecule has 1 heterocycles. The fourth-order valence-electron chi connectivity index (χ4n) is 9.12. The van der Waals surface area contributed by atoms with E-state index in [9.17, 15) is 0 Å². The maximum absolute atomic E-state index is 2.51. The molecule has 0 saturated carbocycles. The first kappa shape index (κ1) is 26.5. The van der Waals surface area contributed by atoms with Crippen LogP contribution in [0.1, 0.15) is 47.2 Å². The van der Waals surface area contributed by atoms with Gasteiger partial charge in [0, 0.05) is 11.1 Å². The number of rotatable bonds is 2. The maximum atomic E-state index is 2.51. The molecule has 0 amide bonds. The Bertz CT molecular complexity index is 2300. The molecule has 1 heteroatoms. The third kappa shape index (κ3) is 3.34. The average molecular weight is 600 g/mol. The molecule has 0 aromatic heterocycles. The summed E-state index contributed by atoms with van der Waals surface area (Å²) in [6.07, 6.45) is 0. The van der Waals surface area contributed by atoms with Gasteiger partial charge < -0.3 is 4.90 Å². The quantitative estimate of drug-likeness (QED) is 0.191. The fraction of sp³-hybridized carbons (Fsp3) is 0.0870. The fourth-order valence-corrected chi connectivity index (χ4v) is 9.12. The highest BCUT2D eigenvalue weighted by atomic mass is 15.2. The van der Waals surface area contributed by atoms with Crippen LogP contribution in [0.15, 0.2) is 164 Å². The lowest BCUT2D eigenvalue weighted by Gasteiger charge is -2.42. The van der Waals surface area contributed by atoms with E-state index in [1.54, 1.807) is 0 Å². The summed E-state index contributed by atoms with van der Waals surface area (Å²) in [6.45, 7) is 4.71. The molecular weight excluding hydrogens is 567 g/mol. The molecule has 1 aliphatic heterocycles. The number of anilines is 3. The van der Waals surface area contributed by atoms with Crippen molar-refractivity contribution >= 4 is 17.1 Å². The maximum Gasteiger partial charge on any atom is 0.0726 e. The van der Waals surface area contributed by atoms with Crippen LogP contribution >= 0.6 is 0 Å². The minimum Gasteiger partial charge on any atom is -0.310 e. The molecule has 2 aliphatic carbocycles. The second kappa shape index (κ2) is 9.44. The van der Waals surface area contributed by atoms with Crippen molar-refractivity contribution in [3.63, 3.8) is 0 Å².